The Balaban J connectivity index is 1.75. The fraction of sp³-hybridized carbons (Fsp3) is 0.158. The molecule has 0 saturated carbocycles. The molecule has 6 heteroatoms. The molecule has 0 atom stereocenters. The topological polar surface area (TPSA) is 51.2 Å². The van der Waals surface area contributed by atoms with Crippen molar-refractivity contribution in [3.8, 4) is 16.3 Å². The van der Waals surface area contributed by atoms with Crippen LogP contribution < -0.4 is 10.1 Å². The van der Waals surface area contributed by atoms with Gasteiger partial charge in [0.05, 0.1) is 12.8 Å². The van der Waals surface area contributed by atoms with Gasteiger partial charge in [-0.25, -0.2) is 4.98 Å². The van der Waals surface area contributed by atoms with Crippen LogP contribution in [0.4, 0.5) is 0 Å². The minimum Gasteiger partial charge on any atom is -0.496 e. The first-order valence-corrected chi connectivity index (χ1v) is 8.91. The van der Waals surface area contributed by atoms with Crippen molar-refractivity contribution in [2.24, 2.45) is 0 Å². The average molecular weight is 373 g/mol. The molecule has 0 unspecified atom stereocenters. The molecular formula is C19H17ClN2O2S. The second-order valence-corrected chi connectivity index (χ2v) is 6.87. The number of aromatic nitrogens is 1. The Bertz CT molecular complexity index is 891. The molecule has 0 saturated heterocycles. The number of hydrogen-bond donors (Lipinski definition) is 1. The summed E-state index contributed by atoms with van der Waals surface area (Å²) in [5.74, 6) is 0.617. The molecule has 1 aromatic heterocycles. The number of aryl methyl sites for hydroxylation is 1. The molecule has 2 aromatic carbocycles. The third-order valence-corrected chi connectivity index (χ3v) is 5.18. The number of thiazole rings is 1. The molecule has 1 heterocycles. The van der Waals surface area contributed by atoms with Crippen LogP contribution in [0.1, 0.15) is 20.9 Å². The van der Waals surface area contributed by atoms with E-state index in [0.717, 1.165) is 21.9 Å². The van der Waals surface area contributed by atoms with E-state index >= 15 is 0 Å². The summed E-state index contributed by atoms with van der Waals surface area (Å²) < 4.78 is 5.31. The number of ether oxygens (including phenoxy) is 1. The highest BCUT2D eigenvalue weighted by Crippen LogP contribution is 2.29. The van der Waals surface area contributed by atoms with Crippen LogP contribution in [-0.4, -0.2) is 18.0 Å². The van der Waals surface area contributed by atoms with Crippen LogP contribution >= 0.6 is 22.9 Å². The lowest BCUT2D eigenvalue weighted by Gasteiger charge is -2.09. The maximum atomic E-state index is 12.5. The van der Waals surface area contributed by atoms with E-state index in [1.54, 1.807) is 7.11 Å². The maximum absolute atomic E-state index is 12.5. The van der Waals surface area contributed by atoms with Gasteiger partial charge in [-0.1, -0.05) is 41.9 Å². The molecule has 128 valence electrons. The van der Waals surface area contributed by atoms with Gasteiger partial charge >= 0.3 is 0 Å². The predicted molar refractivity (Wildman–Crippen MR) is 101 cm³/mol. The molecule has 0 radical (unpaired) electrons. The van der Waals surface area contributed by atoms with Crippen molar-refractivity contribution in [3.63, 3.8) is 0 Å². The molecule has 0 bridgehead atoms. The smallest absolute Gasteiger partial charge is 0.263 e. The van der Waals surface area contributed by atoms with Gasteiger partial charge < -0.3 is 10.1 Å². The molecule has 3 rings (SSSR count). The first kappa shape index (κ1) is 17.5. The van der Waals surface area contributed by atoms with Gasteiger partial charge in [0.25, 0.3) is 5.91 Å². The van der Waals surface area contributed by atoms with Crippen molar-refractivity contribution in [3.05, 3.63) is 69.7 Å². The number of halogens is 1. The first-order chi connectivity index (χ1) is 12.1. The van der Waals surface area contributed by atoms with Gasteiger partial charge in [-0.05, 0) is 25.1 Å². The monoisotopic (exact) mass is 372 g/mol. The van der Waals surface area contributed by atoms with Gasteiger partial charge in [0, 0.05) is 22.7 Å². The zero-order chi connectivity index (χ0) is 17.8. The maximum Gasteiger partial charge on any atom is 0.263 e. The van der Waals surface area contributed by atoms with Crippen molar-refractivity contribution in [2.75, 3.05) is 7.11 Å². The summed E-state index contributed by atoms with van der Waals surface area (Å²) in [6, 6.07) is 15.0. The van der Waals surface area contributed by atoms with Crippen molar-refractivity contribution in [1.82, 2.24) is 10.3 Å². The number of hydrogen-bond acceptors (Lipinski definition) is 4. The van der Waals surface area contributed by atoms with Crippen LogP contribution in [0.2, 0.25) is 5.02 Å². The van der Waals surface area contributed by atoms with Crippen molar-refractivity contribution >= 4 is 28.8 Å². The van der Waals surface area contributed by atoms with Gasteiger partial charge in [0.1, 0.15) is 15.6 Å². The Morgan fingerprint density at radius 1 is 1.20 bits per heavy atom. The Hall–Kier alpha value is -2.37. The minimum atomic E-state index is -0.138. The molecule has 0 aliphatic carbocycles. The molecule has 0 spiro atoms. The second-order valence-electron chi connectivity index (χ2n) is 5.43. The lowest BCUT2D eigenvalue weighted by Crippen LogP contribution is -2.22. The second kappa shape index (κ2) is 7.68. The number of benzene rings is 2. The molecule has 1 N–H and O–H groups in total. The van der Waals surface area contributed by atoms with E-state index in [1.165, 1.54) is 11.3 Å². The minimum absolute atomic E-state index is 0.138. The SMILES string of the molecule is COc1ccccc1CNC(=O)c1sc(-c2ccc(Cl)cc2)nc1C. The molecule has 4 nitrogen and oxygen atoms in total. The van der Waals surface area contributed by atoms with Crippen LogP contribution in [0.3, 0.4) is 0 Å². The van der Waals surface area contributed by atoms with Gasteiger partial charge in [0.15, 0.2) is 0 Å². The van der Waals surface area contributed by atoms with E-state index in [4.69, 9.17) is 16.3 Å². The third kappa shape index (κ3) is 4.00. The van der Waals surface area contributed by atoms with Gasteiger partial charge in [-0.15, -0.1) is 11.3 Å². The quantitative estimate of drug-likeness (QED) is 0.705. The van der Waals surface area contributed by atoms with E-state index in [0.29, 0.717) is 22.1 Å². The lowest BCUT2D eigenvalue weighted by molar-refractivity contribution is 0.0954. The molecule has 0 aliphatic heterocycles. The van der Waals surface area contributed by atoms with Crippen LogP contribution in [0.5, 0.6) is 5.75 Å². The highest BCUT2D eigenvalue weighted by molar-refractivity contribution is 7.17. The summed E-state index contributed by atoms with van der Waals surface area (Å²) in [5, 5.41) is 4.41. The summed E-state index contributed by atoms with van der Waals surface area (Å²) in [5.41, 5.74) is 2.59. The fourth-order valence-electron chi connectivity index (χ4n) is 2.43. The van der Waals surface area contributed by atoms with Crippen molar-refractivity contribution in [1.29, 1.82) is 0 Å². The fourth-order valence-corrected chi connectivity index (χ4v) is 3.54. The van der Waals surface area contributed by atoms with E-state index in [1.807, 2.05) is 55.5 Å². The number of rotatable bonds is 5. The number of nitrogens with one attached hydrogen (secondary N) is 1. The summed E-state index contributed by atoms with van der Waals surface area (Å²) >= 11 is 7.29. The van der Waals surface area contributed by atoms with Crippen LogP contribution in [0.25, 0.3) is 10.6 Å². The van der Waals surface area contributed by atoms with Crippen molar-refractivity contribution in [2.45, 2.75) is 13.5 Å². The van der Waals surface area contributed by atoms with Gasteiger partial charge in [0.2, 0.25) is 0 Å². The summed E-state index contributed by atoms with van der Waals surface area (Å²) in [4.78, 5) is 17.7. The highest BCUT2D eigenvalue weighted by atomic mass is 35.5. The molecule has 0 aliphatic rings. The van der Waals surface area contributed by atoms with Crippen molar-refractivity contribution < 1.29 is 9.53 Å². The number of para-hydroxylation sites is 1. The Labute approximate surface area is 155 Å². The van der Waals surface area contributed by atoms with Gasteiger partial charge in [-0.3, -0.25) is 4.79 Å². The number of carbonyl (C=O) groups excluding carboxylic acids is 1. The number of nitrogens with zero attached hydrogens (tertiary/aromatic N) is 1. The number of carbonyl (C=O) groups is 1. The third-order valence-electron chi connectivity index (χ3n) is 3.73. The Kier molecular flexibility index (Phi) is 5.36. The molecule has 0 fully saturated rings. The average Bonchev–Trinajstić information content (AvgIpc) is 3.02. The van der Waals surface area contributed by atoms with Crippen LogP contribution in [0, 0.1) is 6.92 Å². The molecule has 1 amide bonds. The molecular weight excluding hydrogens is 356 g/mol. The predicted octanol–water partition coefficient (Wildman–Crippen LogP) is 4.71. The Morgan fingerprint density at radius 3 is 2.64 bits per heavy atom. The van der Waals surface area contributed by atoms with E-state index in [2.05, 4.69) is 10.3 Å². The highest BCUT2D eigenvalue weighted by Gasteiger charge is 2.16. The van der Waals surface area contributed by atoms with E-state index in [-0.39, 0.29) is 5.91 Å². The zero-order valence-electron chi connectivity index (χ0n) is 13.9. The van der Waals surface area contributed by atoms with E-state index < -0.39 is 0 Å². The zero-order valence-corrected chi connectivity index (χ0v) is 15.4. The van der Waals surface area contributed by atoms with Crippen LogP contribution in [-0.2, 0) is 6.54 Å². The van der Waals surface area contributed by atoms with E-state index in [9.17, 15) is 4.79 Å². The van der Waals surface area contributed by atoms with Gasteiger partial charge in [-0.2, -0.15) is 0 Å². The normalized spacial score (nSPS) is 10.5. The van der Waals surface area contributed by atoms with Crippen LogP contribution in [0.15, 0.2) is 48.5 Å². The lowest BCUT2D eigenvalue weighted by atomic mass is 10.2. The summed E-state index contributed by atoms with van der Waals surface area (Å²) in [7, 11) is 1.62. The Morgan fingerprint density at radius 2 is 1.92 bits per heavy atom. The largest absolute Gasteiger partial charge is 0.496 e. The number of methoxy groups -OCH3 is 1. The summed E-state index contributed by atoms with van der Waals surface area (Å²) in [6.45, 7) is 2.24. The summed E-state index contributed by atoms with van der Waals surface area (Å²) in [6.07, 6.45) is 0. The molecule has 3 aromatic rings. The first-order valence-electron chi connectivity index (χ1n) is 7.72. The molecule has 25 heavy (non-hydrogen) atoms. The number of amides is 1. The standard InChI is InChI=1S/C19H17ClN2O2S/c1-12-17(25-19(22-12)13-7-9-15(20)10-8-13)18(23)21-11-14-5-3-4-6-16(14)24-2/h3-10H,11H2,1-2H3,(H,21,23).